The molecule has 0 N–H and O–H groups in total. The van der Waals surface area contributed by atoms with E-state index < -0.39 is 0 Å². The number of ether oxygens (including phenoxy) is 1. The Morgan fingerprint density at radius 2 is 2.29 bits per heavy atom. The lowest BCUT2D eigenvalue weighted by Gasteiger charge is -2.31. The van der Waals surface area contributed by atoms with Gasteiger partial charge >= 0.3 is 5.97 Å². The van der Waals surface area contributed by atoms with Gasteiger partial charge in [-0.2, -0.15) is 0 Å². The smallest absolute Gasteiger partial charge is 0.313 e. The van der Waals surface area contributed by atoms with Gasteiger partial charge in [0.15, 0.2) is 0 Å². The van der Waals surface area contributed by atoms with Gasteiger partial charge in [0.1, 0.15) is 0 Å². The summed E-state index contributed by atoms with van der Waals surface area (Å²) in [6.45, 7) is 11.5. The Labute approximate surface area is 144 Å². The largest absolute Gasteiger partial charge is 0.472 e. The highest BCUT2D eigenvalue weighted by molar-refractivity contribution is 5.78. The van der Waals surface area contributed by atoms with E-state index in [1.54, 1.807) is 6.26 Å². The summed E-state index contributed by atoms with van der Waals surface area (Å²) in [5.41, 5.74) is 0.878. The van der Waals surface area contributed by atoms with Crippen molar-refractivity contribution >= 4 is 5.97 Å². The van der Waals surface area contributed by atoms with Crippen LogP contribution in [-0.4, -0.2) is 54.6 Å². The first kappa shape index (κ1) is 17.5. The minimum absolute atomic E-state index is 0.0170. The van der Waals surface area contributed by atoms with Gasteiger partial charge in [-0.25, -0.2) is 0 Å². The summed E-state index contributed by atoms with van der Waals surface area (Å²) in [7, 11) is 0. The maximum Gasteiger partial charge on any atom is 0.313 e. The van der Waals surface area contributed by atoms with Gasteiger partial charge in [-0.1, -0.05) is 0 Å². The van der Waals surface area contributed by atoms with Crippen LogP contribution in [0.1, 0.15) is 39.2 Å². The number of furan rings is 1. The van der Waals surface area contributed by atoms with Crippen LogP contribution in [0.2, 0.25) is 0 Å². The summed E-state index contributed by atoms with van der Waals surface area (Å²) in [5.74, 6) is 0.358. The fraction of sp³-hybridized carbons (Fsp3) is 0.737. The highest BCUT2D eigenvalue weighted by atomic mass is 16.5. The molecule has 0 amide bonds. The van der Waals surface area contributed by atoms with Crippen molar-refractivity contribution in [3.8, 4) is 0 Å². The first-order chi connectivity index (χ1) is 11.5. The fourth-order valence-corrected chi connectivity index (χ4v) is 4.34. The Morgan fingerprint density at radius 3 is 2.96 bits per heavy atom. The second-order valence-electron chi connectivity index (χ2n) is 7.57. The third-order valence-corrected chi connectivity index (χ3v) is 5.70. The van der Waals surface area contributed by atoms with Crippen LogP contribution in [0.5, 0.6) is 0 Å². The lowest BCUT2D eigenvalue weighted by atomic mass is 9.75. The van der Waals surface area contributed by atoms with Crippen LogP contribution < -0.4 is 0 Å². The summed E-state index contributed by atoms with van der Waals surface area (Å²) in [6, 6.07) is 2.49. The number of esters is 1. The van der Waals surface area contributed by atoms with Crippen LogP contribution in [-0.2, 0) is 16.1 Å². The Balaban J connectivity index is 1.79. The van der Waals surface area contributed by atoms with Crippen molar-refractivity contribution in [2.24, 2.45) is 11.3 Å². The monoisotopic (exact) mass is 334 g/mol. The summed E-state index contributed by atoms with van der Waals surface area (Å²) < 4.78 is 10.7. The third kappa shape index (κ3) is 3.38. The molecular weight excluding hydrogens is 304 g/mol. The first-order valence-electron chi connectivity index (χ1n) is 9.20. The van der Waals surface area contributed by atoms with Gasteiger partial charge in [-0.3, -0.25) is 14.6 Å². The quantitative estimate of drug-likeness (QED) is 0.775. The predicted molar refractivity (Wildman–Crippen MR) is 92.5 cm³/mol. The zero-order valence-corrected chi connectivity index (χ0v) is 15.2. The molecule has 0 bridgehead atoms. The lowest BCUT2D eigenvalue weighted by Crippen LogP contribution is -2.42. The molecule has 3 rings (SSSR count). The van der Waals surface area contributed by atoms with Gasteiger partial charge < -0.3 is 9.15 Å². The first-order valence-corrected chi connectivity index (χ1v) is 9.20. The van der Waals surface area contributed by atoms with Gasteiger partial charge in [-0.15, -0.1) is 0 Å². The number of nitrogens with zero attached hydrogens (tertiary/aromatic N) is 2. The molecule has 1 aromatic rings. The molecule has 2 saturated heterocycles. The van der Waals surface area contributed by atoms with Gasteiger partial charge in [0.25, 0.3) is 0 Å². The van der Waals surface area contributed by atoms with Gasteiger partial charge in [-0.05, 0) is 46.2 Å². The molecule has 0 aromatic carbocycles. The zero-order chi connectivity index (χ0) is 17.2. The number of rotatable bonds is 5. The van der Waals surface area contributed by atoms with E-state index >= 15 is 0 Å². The van der Waals surface area contributed by atoms with E-state index in [1.807, 2.05) is 19.3 Å². The van der Waals surface area contributed by atoms with E-state index in [4.69, 9.17) is 9.15 Å². The summed E-state index contributed by atoms with van der Waals surface area (Å²) in [4.78, 5) is 17.8. The lowest BCUT2D eigenvalue weighted by molar-refractivity contribution is -0.157. The molecular formula is C19H30N2O3. The summed E-state index contributed by atoms with van der Waals surface area (Å²) in [6.07, 6.45) is 5.52. The van der Waals surface area contributed by atoms with E-state index in [0.29, 0.717) is 18.6 Å². The van der Waals surface area contributed by atoms with Crippen LogP contribution in [0.15, 0.2) is 23.0 Å². The van der Waals surface area contributed by atoms with Crippen LogP contribution in [0.4, 0.5) is 0 Å². The summed E-state index contributed by atoms with van der Waals surface area (Å²) >= 11 is 0. The third-order valence-electron chi connectivity index (χ3n) is 5.70. The molecule has 0 radical (unpaired) electrons. The Kier molecular flexibility index (Phi) is 5.30. The molecule has 2 fully saturated rings. The van der Waals surface area contributed by atoms with Crippen molar-refractivity contribution in [3.63, 3.8) is 0 Å². The molecule has 24 heavy (non-hydrogen) atoms. The summed E-state index contributed by atoms with van der Waals surface area (Å²) in [5, 5.41) is 0. The van der Waals surface area contributed by atoms with Crippen LogP contribution in [0, 0.1) is 11.3 Å². The Bertz CT molecular complexity index is 543. The number of carbonyl (C=O) groups excluding carboxylic acids is 1. The van der Waals surface area contributed by atoms with Crippen molar-refractivity contribution in [2.45, 2.75) is 46.2 Å². The van der Waals surface area contributed by atoms with Crippen molar-refractivity contribution < 1.29 is 13.9 Å². The van der Waals surface area contributed by atoms with Crippen molar-refractivity contribution in [1.82, 2.24) is 9.80 Å². The number of carbonyl (C=O) groups is 1. The maximum absolute atomic E-state index is 12.9. The van der Waals surface area contributed by atoms with E-state index in [0.717, 1.165) is 45.6 Å². The van der Waals surface area contributed by atoms with Gasteiger partial charge in [0.05, 0.1) is 24.5 Å². The standard InChI is InChI=1S/C19H30N2O3/c1-4-24-18(22)19-7-5-8-20(10-16-6-9-23-13-16)11-17(19)12-21(14-19)15(2)3/h6,9,13,15,17H,4-5,7-8,10-12,14H2,1-3H3/t17-,19-/m1/s1. The number of hydrogen-bond acceptors (Lipinski definition) is 5. The van der Waals surface area contributed by atoms with Crippen LogP contribution >= 0.6 is 0 Å². The van der Waals surface area contributed by atoms with E-state index in [-0.39, 0.29) is 11.4 Å². The number of likely N-dealkylation sites (tertiary alicyclic amines) is 2. The zero-order valence-electron chi connectivity index (χ0n) is 15.2. The number of fused-ring (bicyclic) bond motifs is 1. The normalized spacial score (nSPS) is 28.8. The maximum atomic E-state index is 12.9. The number of hydrogen-bond donors (Lipinski definition) is 0. The fourth-order valence-electron chi connectivity index (χ4n) is 4.34. The molecule has 2 aliphatic heterocycles. The molecule has 0 unspecified atom stereocenters. The second kappa shape index (κ2) is 7.28. The second-order valence-corrected chi connectivity index (χ2v) is 7.57. The van der Waals surface area contributed by atoms with Crippen molar-refractivity contribution in [3.05, 3.63) is 24.2 Å². The van der Waals surface area contributed by atoms with Crippen molar-refractivity contribution in [2.75, 3.05) is 32.8 Å². The molecule has 3 heterocycles. The Morgan fingerprint density at radius 1 is 1.46 bits per heavy atom. The van der Waals surface area contributed by atoms with E-state index in [2.05, 4.69) is 23.6 Å². The average molecular weight is 334 g/mol. The van der Waals surface area contributed by atoms with Crippen molar-refractivity contribution in [1.29, 1.82) is 0 Å². The Hall–Kier alpha value is -1.33. The minimum atomic E-state index is -0.328. The van der Waals surface area contributed by atoms with E-state index in [1.165, 1.54) is 5.56 Å². The highest BCUT2D eigenvalue weighted by Crippen LogP contribution is 2.44. The van der Waals surface area contributed by atoms with Gasteiger partial charge in [0, 0.05) is 43.7 Å². The minimum Gasteiger partial charge on any atom is -0.472 e. The van der Waals surface area contributed by atoms with Crippen LogP contribution in [0.3, 0.4) is 0 Å². The average Bonchev–Trinajstić information content (AvgIpc) is 3.13. The molecule has 134 valence electrons. The molecule has 0 spiro atoms. The molecule has 0 aliphatic carbocycles. The molecule has 2 aliphatic rings. The molecule has 0 saturated carbocycles. The topological polar surface area (TPSA) is 45.9 Å². The van der Waals surface area contributed by atoms with Crippen LogP contribution in [0.25, 0.3) is 0 Å². The highest BCUT2D eigenvalue weighted by Gasteiger charge is 2.54. The predicted octanol–water partition coefficient (Wildman–Crippen LogP) is 2.77. The molecule has 2 atom stereocenters. The molecule has 5 heteroatoms. The molecule has 5 nitrogen and oxygen atoms in total. The SMILES string of the molecule is CCOC(=O)[C@@]12CCCN(Cc3ccoc3)C[C@@H]1CN(C(C)C)C2. The van der Waals surface area contributed by atoms with Gasteiger partial charge in [0.2, 0.25) is 0 Å². The molecule has 1 aromatic heterocycles. The van der Waals surface area contributed by atoms with E-state index in [9.17, 15) is 4.79 Å².